The van der Waals surface area contributed by atoms with Crippen LogP contribution < -0.4 is 16.6 Å². The van der Waals surface area contributed by atoms with Crippen LogP contribution >= 0.6 is 0 Å². The summed E-state index contributed by atoms with van der Waals surface area (Å²) in [6.45, 7) is 6.13. The largest absolute Gasteiger partial charge is 0.452 e. The third-order valence-electron chi connectivity index (χ3n) is 7.61. The number of nitrogens with one attached hydrogen (secondary N) is 1. The fourth-order valence-corrected chi connectivity index (χ4v) is 4.81. The van der Waals surface area contributed by atoms with E-state index in [1.165, 1.54) is 14.1 Å². The topological polar surface area (TPSA) is 112 Å². The fraction of sp³-hybridized carbons (Fsp3) is 0.444. The van der Waals surface area contributed by atoms with Crippen molar-refractivity contribution in [3.05, 3.63) is 68.0 Å². The molecule has 0 spiro atoms. The predicted octanol–water partition coefficient (Wildman–Crippen LogP) is 2.97. The molecule has 1 aliphatic rings. The third-order valence-corrected chi connectivity index (χ3v) is 7.61. The minimum absolute atomic E-state index is 0.0283. The number of benzene rings is 1. The number of fused-ring (bicyclic) bond motifs is 2. The highest BCUT2D eigenvalue weighted by Gasteiger charge is 2.34. The first-order valence-corrected chi connectivity index (χ1v) is 12.2. The van der Waals surface area contributed by atoms with E-state index in [2.05, 4.69) is 26.1 Å². The summed E-state index contributed by atoms with van der Waals surface area (Å²) in [4.78, 5) is 54.8. The van der Waals surface area contributed by atoms with Crippen molar-refractivity contribution in [3.63, 3.8) is 0 Å². The number of para-hydroxylation sites is 1. The van der Waals surface area contributed by atoms with Gasteiger partial charge in [-0.1, -0.05) is 45.4 Å². The molecule has 1 N–H and O–H groups in total. The zero-order chi connectivity index (χ0) is 26.2. The number of anilines is 1. The number of pyridine rings is 1. The van der Waals surface area contributed by atoms with Crippen molar-refractivity contribution in [3.8, 4) is 0 Å². The lowest BCUT2D eigenvalue weighted by molar-refractivity contribution is -0.119. The van der Waals surface area contributed by atoms with Crippen molar-refractivity contribution in [2.24, 2.45) is 25.4 Å². The summed E-state index contributed by atoms with van der Waals surface area (Å²) in [5.74, 6) is -0.813. The minimum Gasteiger partial charge on any atom is -0.452 e. The summed E-state index contributed by atoms with van der Waals surface area (Å²) >= 11 is 0. The van der Waals surface area contributed by atoms with E-state index < -0.39 is 29.7 Å². The molecule has 1 aliphatic carbocycles. The molecular formula is C27H32N4O5. The fourth-order valence-electron chi connectivity index (χ4n) is 4.81. The summed E-state index contributed by atoms with van der Waals surface area (Å²) in [5.41, 5.74) is 1.97. The Balaban J connectivity index is 1.61. The number of amides is 1. The number of nitrogens with zero attached hydrogens (tertiary/aromatic N) is 3. The first kappa shape index (κ1) is 25.3. The van der Waals surface area contributed by atoms with Gasteiger partial charge in [-0.2, -0.15) is 0 Å². The van der Waals surface area contributed by atoms with Crippen LogP contribution in [0.25, 0.3) is 10.9 Å². The van der Waals surface area contributed by atoms with E-state index in [9.17, 15) is 19.2 Å². The van der Waals surface area contributed by atoms with Gasteiger partial charge in [-0.15, -0.1) is 0 Å². The van der Waals surface area contributed by atoms with Crippen LogP contribution in [0.5, 0.6) is 0 Å². The lowest BCUT2D eigenvalue weighted by atomic mass is 9.68. The molecule has 1 aromatic carbocycles. The molecule has 0 fully saturated rings. The normalized spacial score (nSPS) is 15.4. The third kappa shape index (κ3) is 4.69. The molecule has 0 aliphatic heterocycles. The second-order valence-electron chi connectivity index (χ2n) is 10.1. The van der Waals surface area contributed by atoms with Crippen molar-refractivity contribution in [1.29, 1.82) is 0 Å². The number of ether oxygens (including phenoxy) is 1. The molecule has 9 nitrogen and oxygen atoms in total. The Kier molecular flexibility index (Phi) is 6.84. The van der Waals surface area contributed by atoms with Crippen LogP contribution in [0.4, 0.5) is 5.82 Å². The number of esters is 1. The maximum Gasteiger partial charge on any atom is 0.339 e. The second kappa shape index (κ2) is 9.72. The van der Waals surface area contributed by atoms with Crippen LogP contribution in [0.3, 0.4) is 0 Å². The number of aryl methyl sites for hydroxylation is 1. The smallest absolute Gasteiger partial charge is 0.339 e. The van der Waals surface area contributed by atoms with Crippen LogP contribution in [0.15, 0.2) is 39.9 Å². The average Bonchev–Trinajstić information content (AvgIpc) is 2.87. The summed E-state index contributed by atoms with van der Waals surface area (Å²) in [6, 6.07) is 8.60. The van der Waals surface area contributed by atoms with Gasteiger partial charge in [-0.05, 0) is 42.2 Å². The average molecular weight is 493 g/mol. The molecule has 3 aromatic rings. The molecule has 2 heterocycles. The Bertz CT molecular complexity index is 1470. The molecule has 0 bridgehead atoms. The molecule has 36 heavy (non-hydrogen) atoms. The van der Waals surface area contributed by atoms with Crippen LogP contribution in [0.1, 0.15) is 55.2 Å². The highest BCUT2D eigenvalue weighted by molar-refractivity contribution is 6.06. The van der Waals surface area contributed by atoms with E-state index in [-0.39, 0.29) is 11.2 Å². The first-order chi connectivity index (χ1) is 17.0. The van der Waals surface area contributed by atoms with Gasteiger partial charge in [0.2, 0.25) is 0 Å². The number of hydrogen-bond donors (Lipinski definition) is 1. The second-order valence-corrected chi connectivity index (χ2v) is 10.1. The highest BCUT2D eigenvalue weighted by atomic mass is 16.5. The minimum atomic E-state index is -0.649. The molecule has 1 amide bonds. The first-order valence-electron chi connectivity index (χ1n) is 12.2. The molecule has 2 aromatic heterocycles. The van der Waals surface area contributed by atoms with Gasteiger partial charge in [0.1, 0.15) is 5.82 Å². The number of carbonyl (C=O) groups is 2. The van der Waals surface area contributed by atoms with E-state index in [1.807, 2.05) is 24.3 Å². The predicted molar refractivity (Wildman–Crippen MR) is 137 cm³/mol. The Labute approximate surface area is 209 Å². The van der Waals surface area contributed by atoms with Gasteiger partial charge in [0.25, 0.3) is 11.5 Å². The zero-order valence-electron chi connectivity index (χ0n) is 21.4. The van der Waals surface area contributed by atoms with Crippen molar-refractivity contribution >= 4 is 28.6 Å². The summed E-state index contributed by atoms with van der Waals surface area (Å²) in [6.07, 6.45) is 3.54. The van der Waals surface area contributed by atoms with Crippen LogP contribution in [0.2, 0.25) is 0 Å². The van der Waals surface area contributed by atoms with Crippen molar-refractivity contribution in [2.45, 2.75) is 46.5 Å². The van der Waals surface area contributed by atoms with Gasteiger partial charge < -0.3 is 10.1 Å². The van der Waals surface area contributed by atoms with Crippen molar-refractivity contribution in [2.75, 3.05) is 11.9 Å². The van der Waals surface area contributed by atoms with Crippen LogP contribution in [0, 0.1) is 11.3 Å². The van der Waals surface area contributed by atoms with E-state index in [1.54, 1.807) is 0 Å². The number of hydrogen-bond acceptors (Lipinski definition) is 6. The molecule has 190 valence electrons. The lowest BCUT2D eigenvalue weighted by Crippen LogP contribution is -2.38. The monoisotopic (exact) mass is 492 g/mol. The lowest BCUT2D eigenvalue weighted by Gasteiger charge is -2.37. The molecule has 0 saturated heterocycles. The van der Waals surface area contributed by atoms with E-state index in [4.69, 9.17) is 9.72 Å². The number of aromatic nitrogens is 3. The number of rotatable bonds is 6. The van der Waals surface area contributed by atoms with E-state index in [0.29, 0.717) is 16.9 Å². The van der Waals surface area contributed by atoms with Crippen LogP contribution in [-0.2, 0) is 36.5 Å². The maximum absolute atomic E-state index is 13.4. The van der Waals surface area contributed by atoms with Gasteiger partial charge >= 0.3 is 11.7 Å². The zero-order valence-corrected chi connectivity index (χ0v) is 21.4. The Morgan fingerprint density at radius 2 is 1.89 bits per heavy atom. The SMILES string of the molecule is CCC(C)(C)C1CCc2nc3ccccc3c(C(=O)OCC(=O)Nc3cc(=O)n(C)c(=O)n3C)c2C1. The van der Waals surface area contributed by atoms with Crippen LogP contribution in [-0.4, -0.2) is 32.6 Å². The summed E-state index contributed by atoms with van der Waals surface area (Å²) in [5, 5.41) is 3.18. The van der Waals surface area contributed by atoms with Gasteiger partial charge in [-0.25, -0.2) is 9.59 Å². The molecule has 4 rings (SSSR count). The van der Waals surface area contributed by atoms with Gasteiger partial charge in [-0.3, -0.25) is 23.7 Å². The molecule has 0 radical (unpaired) electrons. The number of carbonyl (C=O) groups excluding carboxylic acids is 2. The highest BCUT2D eigenvalue weighted by Crippen LogP contribution is 2.41. The van der Waals surface area contributed by atoms with Crippen molar-refractivity contribution in [1.82, 2.24) is 14.1 Å². The standard InChI is InChI=1S/C27H32N4O5/c1-6-27(2,3)16-11-12-20-18(13-16)24(17-9-7-8-10-19(17)28-20)25(34)36-15-22(32)29-21-14-23(33)31(5)26(35)30(21)4/h7-10,14,16H,6,11-13,15H2,1-5H3,(H,29,32). The van der Waals surface area contributed by atoms with Gasteiger partial charge in [0.15, 0.2) is 6.61 Å². The summed E-state index contributed by atoms with van der Waals surface area (Å²) in [7, 11) is 2.79. The molecule has 1 unspecified atom stereocenters. The van der Waals surface area contributed by atoms with E-state index in [0.717, 1.165) is 57.7 Å². The molecule has 9 heteroatoms. The Hall–Kier alpha value is -3.75. The molecule has 1 atom stereocenters. The molecular weight excluding hydrogens is 460 g/mol. The van der Waals surface area contributed by atoms with Gasteiger partial charge in [0, 0.05) is 31.2 Å². The quantitative estimate of drug-likeness (QED) is 0.530. The molecule has 0 saturated carbocycles. The van der Waals surface area contributed by atoms with Gasteiger partial charge in [0.05, 0.1) is 11.1 Å². The van der Waals surface area contributed by atoms with E-state index >= 15 is 0 Å². The Morgan fingerprint density at radius 3 is 2.61 bits per heavy atom. The maximum atomic E-state index is 13.4. The summed E-state index contributed by atoms with van der Waals surface area (Å²) < 4.78 is 7.53. The Morgan fingerprint density at radius 1 is 1.17 bits per heavy atom. The van der Waals surface area contributed by atoms with Crippen molar-refractivity contribution < 1.29 is 14.3 Å².